The van der Waals surface area contributed by atoms with Gasteiger partial charge in [-0.15, -0.1) is 6.58 Å². The van der Waals surface area contributed by atoms with Crippen LogP contribution in [0.5, 0.6) is 0 Å². The third-order valence-electron chi connectivity index (χ3n) is 2.36. The smallest absolute Gasteiger partial charge is 0.140 e. The molecule has 0 aliphatic carbocycles. The van der Waals surface area contributed by atoms with Crippen LogP contribution in [0.15, 0.2) is 29.0 Å². The summed E-state index contributed by atoms with van der Waals surface area (Å²) in [5.41, 5.74) is 12.0. The zero-order valence-corrected chi connectivity index (χ0v) is 10.2. The predicted octanol–water partition coefficient (Wildman–Crippen LogP) is 2.18. The van der Waals surface area contributed by atoms with Crippen LogP contribution in [-0.4, -0.2) is 12.1 Å². The Kier molecular flexibility index (Phi) is 6.92. The topological polar surface area (TPSA) is 88.2 Å². The van der Waals surface area contributed by atoms with Gasteiger partial charge in [0.25, 0.3) is 0 Å². The number of hydrogen-bond donors (Lipinski definition) is 3. The normalized spacial score (nSPS) is 14.6. The Morgan fingerprint density at radius 3 is 2.56 bits per heavy atom. The van der Waals surface area contributed by atoms with E-state index < -0.39 is 0 Å². The number of nitrogens with one attached hydrogen (secondary N) is 1. The summed E-state index contributed by atoms with van der Waals surface area (Å²) < 4.78 is 0. The van der Waals surface area contributed by atoms with Gasteiger partial charge in [-0.05, 0) is 32.1 Å². The maximum atomic E-state index is 7.27. The molecule has 0 rings (SSSR count). The summed E-state index contributed by atoms with van der Waals surface area (Å²) in [5, 5.41) is 7.27. The molecule has 0 aromatic carbocycles. The molecule has 0 aromatic heterocycles. The summed E-state index contributed by atoms with van der Waals surface area (Å²) in [6.07, 6.45) is 6.35. The molecule has 0 saturated heterocycles. The molecule has 0 aromatic rings. The number of nitrogens with zero attached hydrogens (tertiary/aromatic N) is 1. The second-order valence-electron chi connectivity index (χ2n) is 3.77. The van der Waals surface area contributed by atoms with Crippen molar-refractivity contribution in [3.05, 3.63) is 24.0 Å². The van der Waals surface area contributed by atoms with Gasteiger partial charge in [0, 0.05) is 6.21 Å². The van der Waals surface area contributed by atoms with E-state index in [0.717, 1.165) is 19.3 Å². The highest BCUT2D eigenvalue weighted by molar-refractivity contribution is 5.94. The molecule has 4 heteroatoms. The minimum Gasteiger partial charge on any atom is -0.394 e. The van der Waals surface area contributed by atoms with Crippen LogP contribution < -0.4 is 11.5 Å². The fourth-order valence-electron chi connectivity index (χ4n) is 1.29. The third-order valence-corrected chi connectivity index (χ3v) is 2.36. The lowest BCUT2D eigenvalue weighted by Gasteiger charge is -2.08. The number of nitrogens with two attached hydrogens (primary N) is 2. The summed E-state index contributed by atoms with van der Waals surface area (Å²) in [4.78, 5) is 4.15. The highest BCUT2D eigenvalue weighted by Crippen LogP contribution is 2.15. The van der Waals surface area contributed by atoms with Gasteiger partial charge in [0.05, 0.1) is 11.4 Å². The number of hydrogen-bond acceptors (Lipinski definition) is 3. The Balaban J connectivity index is 4.42. The van der Waals surface area contributed by atoms with Gasteiger partial charge >= 0.3 is 0 Å². The standard InChI is InChI=1S/C12H22N4/c1-4-9(3)7-6-8-10(16-5-2)11(13)12(14)15/h4-5,9H,1,6-8,13H2,2-3H3,(H3,14,15)/b11-10+,16-5-. The lowest BCUT2D eigenvalue weighted by Crippen LogP contribution is -2.21. The van der Waals surface area contributed by atoms with Crippen molar-refractivity contribution in [2.24, 2.45) is 22.4 Å². The van der Waals surface area contributed by atoms with Crippen molar-refractivity contribution < 1.29 is 0 Å². The predicted molar refractivity (Wildman–Crippen MR) is 70.5 cm³/mol. The fourth-order valence-corrected chi connectivity index (χ4v) is 1.29. The number of rotatable bonds is 7. The molecule has 0 spiro atoms. The van der Waals surface area contributed by atoms with Crippen molar-refractivity contribution in [3.63, 3.8) is 0 Å². The molecule has 0 aliphatic heterocycles. The van der Waals surface area contributed by atoms with Gasteiger partial charge in [-0.3, -0.25) is 10.4 Å². The molecule has 1 unspecified atom stereocenters. The number of amidine groups is 1. The van der Waals surface area contributed by atoms with Gasteiger partial charge in [0.1, 0.15) is 5.84 Å². The molecule has 0 heterocycles. The van der Waals surface area contributed by atoms with E-state index >= 15 is 0 Å². The van der Waals surface area contributed by atoms with Gasteiger partial charge in [0.2, 0.25) is 0 Å². The van der Waals surface area contributed by atoms with Crippen LogP contribution in [0.4, 0.5) is 0 Å². The van der Waals surface area contributed by atoms with E-state index in [-0.39, 0.29) is 11.5 Å². The second kappa shape index (κ2) is 7.68. The molecule has 16 heavy (non-hydrogen) atoms. The Morgan fingerprint density at radius 1 is 1.50 bits per heavy atom. The van der Waals surface area contributed by atoms with E-state index in [0.29, 0.717) is 11.6 Å². The third kappa shape index (κ3) is 5.34. The first kappa shape index (κ1) is 14.4. The lowest BCUT2D eigenvalue weighted by atomic mass is 10.0. The quantitative estimate of drug-likeness (QED) is 0.350. The lowest BCUT2D eigenvalue weighted by molar-refractivity contribution is 0.603. The molecule has 0 amide bonds. The summed E-state index contributed by atoms with van der Waals surface area (Å²) in [7, 11) is 0. The van der Waals surface area contributed by atoms with Crippen molar-refractivity contribution in [1.82, 2.24) is 0 Å². The summed E-state index contributed by atoms with van der Waals surface area (Å²) in [6.45, 7) is 7.68. The summed E-state index contributed by atoms with van der Waals surface area (Å²) in [6, 6.07) is 0. The molecule has 0 fully saturated rings. The average molecular weight is 222 g/mol. The molecule has 0 aliphatic rings. The van der Waals surface area contributed by atoms with E-state index in [9.17, 15) is 0 Å². The molecule has 5 N–H and O–H groups in total. The van der Waals surface area contributed by atoms with Crippen LogP contribution in [-0.2, 0) is 0 Å². The fraction of sp³-hybridized carbons (Fsp3) is 0.500. The summed E-state index contributed by atoms with van der Waals surface area (Å²) in [5.74, 6) is 0.378. The SMILES string of the molecule is C=CC(C)CCCC(/N=C\C)=C(\N)C(=N)N. The maximum absolute atomic E-state index is 7.27. The Hall–Kier alpha value is -1.58. The first-order chi connectivity index (χ1) is 7.52. The van der Waals surface area contributed by atoms with Crippen molar-refractivity contribution >= 4 is 12.1 Å². The maximum Gasteiger partial charge on any atom is 0.140 e. The highest BCUT2D eigenvalue weighted by atomic mass is 14.8. The van der Waals surface area contributed by atoms with Gasteiger partial charge in [0.15, 0.2) is 0 Å². The van der Waals surface area contributed by atoms with Crippen molar-refractivity contribution in [1.29, 1.82) is 5.41 Å². The largest absolute Gasteiger partial charge is 0.394 e. The van der Waals surface area contributed by atoms with Crippen LogP contribution in [0, 0.1) is 11.3 Å². The minimum atomic E-state index is -0.114. The molecule has 0 bridgehead atoms. The molecule has 0 saturated carbocycles. The molecule has 90 valence electrons. The van der Waals surface area contributed by atoms with Crippen molar-refractivity contribution in [3.8, 4) is 0 Å². The van der Waals surface area contributed by atoms with Crippen LogP contribution in [0.25, 0.3) is 0 Å². The van der Waals surface area contributed by atoms with E-state index in [1.54, 1.807) is 6.21 Å². The molecule has 0 radical (unpaired) electrons. The monoisotopic (exact) mass is 222 g/mol. The number of aliphatic imine (C=N–C) groups is 1. The van der Waals surface area contributed by atoms with Gasteiger partial charge < -0.3 is 11.5 Å². The van der Waals surface area contributed by atoms with Gasteiger partial charge in [-0.2, -0.15) is 0 Å². The van der Waals surface area contributed by atoms with Crippen LogP contribution in [0.2, 0.25) is 0 Å². The zero-order chi connectivity index (χ0) is 12.6. The second-order valence-corrected chi connectivity index (χ2v) is 3.77. The molecular weight excluding hydrogens is 200 g/mol. The summed E-state index contributed by atoms with van der Waals surface area (Å²) >= 11 is 0. The van der Waals surface area contributed by atoms with Gasteiger partial charge in [-0.25, -0.2) is 0 Å². The van der Waals surface area contributed by atoms with Crippen LogP contribution in [0.1, 0.15) is 33.1 Å². The molecule has 1 atom stereocenters. The Labute approximate surface area is 97.6 Å². The van der Waals surface area contributed by atoms with Crippen molar-refractivity contribution in [2.75, 3.05) is 0 Å². The first-order valence-corrected chi connectivity index (χ1v) is 5.47. The van der Waals surface area contributed by atoms with E-state index in [1.165, 1.54) is 0 Å². The first-order valence-electron chi connectivity index (χ1n) is 5.47. The van der Waals surface area contributed by atoms with E-state index in [1.807, 2.05) is 13.0 Å². The highest BCUT2D eigenvalue weighted by Gasteiger charge is 2.05. The number of allylic oxidation sites excluding steroid dienone is 2. The Morgan fingerprint density at radius 2 is 2.12 bits per heavy atom. The van der Waals surface area contributed by atoms with Crippen LogP contribution in [0.3, 0.4) is 0 Å². The minimum absolute atomic E-state index is 0.114. The zero-order valence-electron chi connectivity index (χ0n) is 10.2. The van der Waals surface area contributed by atoms with E-state index in [2.05, 4.69) is 18.5 Å². The van der Waals surface area contributed by atoms with Crippen LogP contribution >= 0.6 is 0 Å². The van der Waals surface area contributed by atoms with Crippen molar-refractivity contribution in [2.45, 2.75) is 33.1 Å². The average Bonchev–Trinajstić information content (AvgIpc) is 2.26. The van der Waals surface area contributed by atoms with E-state index in [4.69, 9.17) is 16.9 Å². The van der Waals surface area contributed by atoms with Gasteiger partial charge in [-0.1, -0.05) is 13.0 Å². The molecule has 4 nitrogen and oxygen atoms in total. The molecular formula is C12H22N4. The Bertz CT molecular complexity index is 302.